The normalized spacial score (nSPS) is 23.0. The second kappa shape index (κ2) is 7.41. The second-order valence-electron chi connectivity index (χ2n) is 5.51. The summed E-state index contributed by atoms with van der Waals surface area (Å²) in [7, 11) is 0. The number of nitrogens with two attached hydrogens (primary N) is 1. The highest BCUT2D eigenvalue weighted by molar-refractivity contribution is 9.10. The first kappa shape index (κ1) is 15.0. The van der Waals surface area contributed by atoms with E-state index >= 15 is 0 Å². The minimum absolute atomic E-state index is 0.353. The first-order chi connectivity index (χ1) is 9.26. The molecule has 2 unspecified atom stereocenters. The number of halogens is 1. The maximum absolute atomic E-state index is 6.06. The molecule has 106 valence electrons. The van der Waals surface area contributed by atoms with E-state index in [-0.39, 0.29) is 0 Å². The van der Waals surface area contributed by atoms with E-state index in [2.05, 4.69) is 52.0 Å². The second-order valence-corrected chi connectivity index (χ2v) is 6.37. The monoisotopic (exact) mass is 324 g/mol. The Kier molecular flexibility index (Phi) is 5.86. The van der Waals surface area contributed by atoms with E-state index < -0.39 is 0 Å². The molecule has 1 aliphatic heterocycles. The molecule has 2 N–H and O–H groups in total. The van der Waals surface area contributed by atoms with Gasteiger partial charge in [0.25, 0.3) is 0 Å². The first-order valence-electron chi connectivity index (χ1n) is 7.44. The van der Waals surface area contributed by atoms with E-state index in [0.717, 1.165) is 5.92 Å². The molecule has 0 saturated carbocycles. The van der Waals surface area contributed by atoms with Crippen molar-refractivity contribution in [2.24, 2.45) is 11.7 Å². The highest BCUT2D eigenvalue weighted by Gasteiger charge is 2.23. The van der Waals surface area contributed by atoms with Gasteiger partial charge in [0.15, 0.2) is 0 Å². The van der Waals surface area contributed by atoms with Gasteiger partial charge in [0.1, 0.15) is 0 Å². The van der Waals surface area contributed by atoms with Crippen LogP contribution in [-0.2, 0) is 0 Å². The number of rotatable bonds is 4. The Bertz CT molecular complexity index is 394. The lowest BCUT2D eigenvalue weighted by molar-refractivity contribution is 0.206. The molecule has 19 heavy (non-hydrogen) atoms. The first-order valence-corrected chi connectivity index (χ1v) is 8.24. The van der Waals surface area contributed by atoms with Crippen LogP contribution in [0.5, 0.6) is 0 Å². The summed E-state index contributed by atoms with van der Waals surface area (Å²) in [6.07, 6.45) is 5.31. The van der Waals surface area contributed by atoms with Crippen LogP contribution in [-0.4, -0.2) is 24.5 Å². The van der Waals surface area contributed by atoms with Gasteiger partial charge < -0.3 is 5.73 Å². The fourth-order valence-electron chi connectivity index (χ4n) is 3.13. The Morgan fingerprint density at radius 1 is 1.32 bits per heavy atom. The van der Waals surface area contributed by atoms with Crippen molar-refractivity contribution in [1.29, 1.82) is 0 Å². The highest BCUT2D eigenvalue weighted by Crippen LogP contribution is 2.30. The SMILES string of the molecule is CCC1CCCN(C(CN)c2ccccc2Br)CC1. The van der Waals surface area contributed by atoms with Crippen LogP contribution < -0.4 is 5.73 Å². The van der Waals surface area contributed by atoms with E-state index in [9.17, 15) is 0 Å². The van der Waals surface area contributed by atoms with Crippen molar-refractivity contribution in [1.82, 2.24) is 4.90 Å². The largest absolute Gasteiger partial charge is 0.329 e. The summed E-state index contributed by atoms with van der Waals surface area (Å²) in [5.41, 5.74) is 7.39. The molecule has 2 rings (SSSR count). The van der Waals surface area contributed by atoms with Gasteiger partial charge in [-0.25, -0.2) is 0 Å². The van der Waals surface area contributed by atoms with Crippen molar-refractivity contribution in [3.8, 4) is 0 Å². The third-order valence-corrected chi connectivity index (χ3v) is 5.11. The Hall–Kier alpha value is -0.380. The van der Waals surface area contributed by atoms with Crippen molar-refractivity contribution < 1.29 is 0 Å². The third-order valence-electron chi connectivity index (χ3n) is 4.39. The number of likely N-dealkylation sites (tertiary alicyclic amines) is 1. The molecular weight excluding hydrogens is 300 g/mol. The predicted octanol–water partition coefficient (Wildman–Crippen LogP) is 3.96. The molecule has 3 heteroatoms. The topological polar surface area (TPSA) is 29.3 Å². The number of hydrogen-bond acceptors (Lipinski definition) is 2. The lowest BCUT2D eigenvalue weighted by Gasteiger charge is -2.30. The molecule has 1 fully saturated rings. The molecule has 1 saturated heterocycles. The predicted molar refractivity (Wildman–Crippen MR) is 85.1 cm³/mol. The van der Waals surface area contributed by atoms with Crippen molar-refractivity contribution >= 4 is 15.9 Å². The van der Waals surface area contributed by atoms with Crippen LogP contribution in [0.3, 0.4) is 0 Å². The number of hydrogen-bond donors (Lipinski definition) is 1. The molecule has 1 heterocycles. The summed E-state index contributed by atoms with van der Waals surface area (Å²) < 4.78 is 1.18. The lowest BCUT2D eigenvalue weighted by atomic mass is 9.98. The molecule has 1 aromatic carbocycles. The smallest absolute Gasteiger partial charge is 0.0481 e. The summed E-state index contributed by atoms with van der Waals surface area (Å²) in [6.45, 7) is 5.37. The van der Waals surface area contributed by atoms with Gasteiger partial charge in [-0.15, -0.1) is 0 Å². The van der Waals surface area contributed by atoms with E-state index in [1.807, 2.05) is 0 Å². The zero-order chi connectivity index (χ0) is 13.7. The van der Waals surface area contributed by atoms with E-state index in [0.29, 0.717) is 12.6 Å². The fourth-order valence-corrected chi connectivity index (χ4v) is 3.67. The number of benzene rings is 1. The van der Waals surface area contributed by atoms with Crippen molar-refractivity contribution in [3.63, 3.8) is 0 Å². The van der Waals surface area contributed by atoms with Gasteiger partial charge in [0, 0.05) is 17.1 Å². The number of nitrogens with zero attached hydrogens (tertiary/aromatic N) is 1. The molecule has 0 radical (unpaired) electrons. The zero-order valence-electron chi connectivity index (χ0n) is 11.8. The van der Waals surface area contributed by atoms with Crippen LogP contribution >= 0.6 is 15.9 Å². The molecule has 2 nitrogen and oxygen atoms in total. The van der Waals surface area contributed by atoms with Gasteiger partial charge in [-0.3, -0.25) is 4.90 Å². The fraction of sp³-hybridized carbons (Fsp3) is 0.625. The van der Waals surface area contributed by atoms with Crippen LogP contribution in [0, 0.1) is 5.92 Å². The third kappa shape index (κ3) is 3.80. The summed E-state index contributed by atoms with van der Waals surface area (Å²) >= 11 is 3.67. The summed E-state index contributed by atoms with van der Waals surface area (Å²) in [4.78, 5) is 2.58. The molecular formula is C16H25BrN2. The van der Waals surface area contributed by atoms with Gasteiger partial charge in [-0.05, 0) is 49.9 Å². The van der Waals surface area contributed by atoms with Crippen LogP contribution in [0.15, 0.2) is 28.7 Å². The lowest BCUT2D eigenvalue weighted by Crippen LogP contribution is -2.34. The van der Waals surface area contributed by atoms with Gasteiger partial charge in [0.05, 0.1) is 0 Å². The van der Waals surface area contributed by atoms with Crippen molar-refractivity contribution in [2.45, 2.75) is 38.6 Å². The molecule has 2 atom stereocenters. The van der Waals surface area contributed by atoms with Gasteiger partial charge in [-0.1, -0.05) is 47.5 Å². The maximum atomic E-state index is 6.06. The zero-order valence-corrected chi connectivity index (χ0v) is 13.4. The summed E-state index contributed by atoms with van der Waals surface area (Å²) in [5.74, 6) is 0.905. The standard InChI is InChI=1S/C16H25BrN2/c1-2-13-6-5-10-19(11-9-13)16(12-18)14-7-3-4-8-15(14)17/h3-4,7-8,13,16H,2,5-6,9-12,18H2,1H3. The minimum Gasteiger partial charge on any atom is -0.329 e. The summed E-state index contributed by atoms with van der Waals surface area (Å²) in [6, 6.07) is 8.84. The molecule has 0 spiro atoms. The Morgan fingerprint density at radius 2 is 2.11 bits per heavy atom. The van der Waals surface area contributed by atoms with E-state index in [1.165, 1.54) is 48.8 Å². The molecule has 1 aromatic rings. The van der Waals surface area contributed by atoms with Crippen LogP contribution in [0.4, 0.5) is 0 Å². The molecule has 0 aromatic heterocycles. The average Bonchev–Trinajstić information content (AvgIpc) is 2.67. The Morgan fingerprint density at radius 3 is 2.79 bits per heavy atom. The van der Waals surface area contributed by atoms with Crippen molar-refractivity contribution in [3.05, 3.63) is 34.3 Å². The van der Waals surface area contributed by atoms with Gasteiger partial charge in [-0.2, -0.15) is 0 Å². The average molecular weight is 325 g/mol. The van der Waals surface area contributed by atoms with Gasteiger partial charge >= 0.3 is 0 Å². The van der Waals surface area contributed by atoms with Crippen LogP contribution in [0.2, 0.25) is 0 Å². The Labute approximate surface area is 125 Å². The molecule has 0 amide bonds. The highest BCUT2D eigenvalue weighted by atomic mass is 79.9. The molecule has 0 bridgehead atoms. The molecule has 1 aliphatic rings. The molecule has 0 aliphatic carbocycles. The van der Waals surface area contributed by atoms with E-state index in [4.69, 9.17) is 5.73 Å². The van der Waals surface area contributed by atoms with Crippen LogP contribution in [0.25, 0.3) is 0 Å². The Balaban J connectivity index is 2.11. The van der Waals surface area contributed by atoms with Gasteiger partial charge in [0.2, 0.25) is 0 Å². The summed E-state index contributed by atoms with van der Waals surface area (Å²) in [5, 5.41) is 0. The van der Waals surface area contributed by atoms with Crippen LogP contribution in [0.1, 0.15) is 44.2 Å². The maximum Gasteiger partial charge on any atom is 0.0481 e. The minimum atomic E-state index is 0.353. The van der Waals surface area contributed by atoms with E-state index in [1.54, 1.807) is 0 Å². The van der Waals surface area contributed by atoms with Crippen molar-refractivity contribution in [2.75, 3.05) is 19.6 Å². The quantitative estimate of drug-likeness (QED) is 0.908.